The van der Waals surface area contributed by atoms with Gasteiger partial charge in [-0.15, -0.1) is 0 Å². The largest absolute Gasteiger partial charge is 0.444 e. The van der Waals surface area contributed by atoms with Crippen molar-refractivity contribution < 1.29 is 22.4 Å². The standard InChI is InChI=1S/C16H15F3N2O2/c1-9(2)15(22)21-4-3-11-12(14-7-20-8-23-14)5-10(6-13(11)21)16(17,18)19/h5-9H,3-4H2,1-2H3. The van der Waals surface area contributed by atoms with E-state index in [0.29, 0.717) is 29.8 Å². The molecule has 0 radical (unpaired) electrons. The van der Waals surface area contributed by atoms with Gasteiger partial charge in [-0.3, -0.25) is 4.79 Å². The Balaban J connectivity index is 2.19. The van der Waals surface area contributed by atoms with Crippen LogP contribution in [0.1, 0.15) is 25.0 Å². The minimum atomic E-state index is -4.50. The van der Waals surface area contributed by atoms with Crippen molar-refractivity contribution in [1.29, 1.82) is 0 Å². The highest BCUT2D eigenvalue weighted by atomic mass is 19.4. The van der Waals surface area contributed by atoms with Gasteiger partial charge in [0.25, 0.3) is 0 Å². The van der Waals surface area contributed by atoms with Crippen LogP contribution < -0.4 is 4.90 Å². The molecule has 2 aromatic rings. The van der Waals surface area contributed by atoms with Gasteiger partial charge < -0.3 is 9.32 Å². The van der Waals surface area contributed by atoms with Gasteiger partial charge in [-0.2, -0.15) is 13.2 Å². The van der Waals surface area contributed by atoms with Crippen molar-refractivity contribution in [2.45, 2.75) is 26.4 Å². The lowest BCUT2D eigenvalue weighted by Gasteiger charge is -2.21. The molecular weight excluding hydrogens is 309 g/mol. The van der Waals surface area contributed by atoms with E-state index >= 15 is 0 Å². The Morgan fingerprint density at radius 1 is 1.35 bits per heavy atom. The topological polar surface area (TPSA) is 46.3 Å². The summed E-state index contributed by atoms with van der Waals surface area (Å²) in [6.45, 7) is 3.82. The minimum absolute atomic E-state index is 0.188. The quantitative estimate of drug-likeness (QED) is 0.841. The predicted molar refractivity (Wildman–Crippen MR) is 77.8 cm³/mol. The van der Waals surface area contributed by atoms with Gasteiger partial charge in [0.15, 0.2) is 12.2 Å². The fourth-order valence-corrected chi connectivity index (χ4v) is 2.78. The molecule has 7 heteroatoms. The molecule has 0 fully saturated rings. The van der Waals surface area contributed by atoms with Crippen molar-refractivity contribution in [2.24, 2.45) is 5.92 Å². The number of alkyl halides is 3. The Morgan fingerprint density at radius 3 is 2.65 bits per heavy atom. The fraction of sp³-hybridized carbons (Fsp3) is 0.375. The molecule has 23 heavy (non-hydrogen) atoms. The Bertz CT molecular complexity index is 737. The third-order valence-corrected chi connectivity index (χ3v) is 3.89. The molecule has 0 spiro atoms. The minimum Gasteiger partial charge on any atom is -0.444 e. The maximum Gasteiger partial charge on any atom is 0.416 e. The van der Waals surface area contributed by atoms with E-state index in [-0.39, 0.29) is 17.6 Å². The molecule has 0 saturated heterocycles. The number of hydrogen-bond donors (Lipinski definition) is 0. The van der Waals surface area contributed by atoms with Crippen molar-refractivity contribution in [2.75, 3.05) is 11.4 Å². The fourth-order valence-electron chi connectivity index (χ4n) is 2.78. The second-order valence-electron chi connectivity index (χ2n) is 5.78. The van der Waals surface area contributed by atoms with Crippen LogP contribution >= 0.6 is 0 Å². The number of benzene rings is 1. The van der Waals surface area contributed by atoms with Crippen LogP contribution in [0.3, 0.4) is 0 Å². The SMILES string of the molecule is CC(C)C(=O)N1CCc2c(-c3cnco3)cc(C(F)(F)F)cc21. The van der Waals surface area contributed by atoms with Crippen LogP contribution in [0.25, 0.3) is 11.3 Å². The Kier molecular flexibility index (Phi) is 3.66. The van der Waals surface area contributed by atoms with Gasteiger partial charge in [0.05, 0.1) is 11.8 Å². The highest BCUT2D eigenvalue weighted by Crippen LogP contribution is 2.42. The molecule has 1 aliphatic rings. The van der Waals surface area contributed by atoms with Gasteiger partial charge in [0, 0.05) is 23.7 Å². The number of carbonyl (C=O) groups is 1. The number of fused-ring (bicyclic) bond motifs is 1. The van der Waals surface area contributed by atoms with Crippen LogP contribution in [0.5, 0.6) is 0 Å². The summed E-state index contributed by atoms with van der Waals surface area (Å²) in [6, 6.07) is 2.10. The number of hydrogen-bond acceptors (Lipinski definition) is 3. The van der Waals surface area contributed by atoms with Crippen LogP contribution in [-0.4, -0.2) is 17.4 Å². The first kappa shape index (κ1) is 15.6. The first-order valence-electron chi connectivity index (χ1n) is 7.23. The first-order chi connectivity index (χ1) is 10.8. The number of rotatable bonds is 2. The molecule has 1 amide bonds. The normalized spacial score (nSPS) is 14.4. The molecule has 122 valence electrons. The van der Waals surface area contributed by atoms with Gasteiger partial charge >= 0.3 is 6.18 Å². The molecule has 0 unspecified atom stereocenters. The first-order valence-corrected chi connectivity index (χ1v) is 7.23. The van der Waals surface area contributed by atoms with E-state index in [1.165, 1.54) is 17.5 Å². The van der Waals surface area contributed by atoms with Gasteiger partial charge in [-0.25, -0.2) is 4.98 Å². The van der Waals surface area contributed by atoms with E-state index in [1.807, 2.05) is 0 Å². The molecule has 1 aromatic carbocycles. The molecule has 3 rings (SSSR count). The molecular formula is C16H15F3N2O2. The summed E-state index contributed by atoms with van der Waals surface area (Å²) in [4.78, 5) is 17.5. The van der Waals surface area contributed by atoms with Crippen molar-refractivity contribution >= 4 is 11.6 Å². The molecule has 0 bridgehead atoms. The molecule has 0 N–H and O–H groups in total. The number of nitrogens with zero attached hydrogens (tertiary/aromatic N) is 2. The Hall–Kier alpha value is -2.31. The monoisotopic (exact) mass is 324 g/mol. The third kappa shape index (κ3) is 2.71. The molecule has 0 saturated carbocycles. The van der Waals surface area contributed by atoms with Crippen molar-refractivity contribution in [1.82, 2.24) is 4.98 Å². The van der Waals surface area contributed by atoms with Gasteiger partial charge in [0.2, 0.25) is 5.91 Å². The molecule has 1 aliphatic heterocycles. The number of aromatic nitrogens is 1. The number of carbonyl (C=O) groups excluding carboxylic acids is 1. The number of anilines is 1. The molecule has 4 nitrogen and oxygen atoms in total. The smallest absolute Gasteiger partial charge is 0.416 e. The zero-order chi connectivity index (χ0) is 16.8. The van der Waals surface area contributed by atoms with Crippen LogP contribution in [0.15, 0.2) is 29.1 Å². The van der Waals surface area contributed by atoms with Crippen LogP contribution in [0.4, 0.5) is 18.9 Å². The predicted octanol–water partition coefficient (Wildman–Crippen LogP) is 3.91. The number of oxazole rings is 1. The molecule has 0 aliphatic carbocycles. The van der Waals surface area contributed by atoms with Crippen LogP contribution in [-0.2, 0) is 17.4 Å². The average Bonchev–Trinajstić information content (AvgIpc) is 3.13. The summed E-state index contributed by atoms with van der Waals surface area (Å²) >= 11 is 0. The zero-order valence-electron chi connectivity index (χ0n) is 12.6. The molecule has 1 aromatic heterocycles. The second-order valence-corrected chi connectivity index (χ2v) is 5.78. The highest BCUT2D eigenvalue weighted by molar-refractivity contribution is 5.98. The van der Waals surface area contributed by atoms with Crippen molar-refractivity contribution in [3.8, 4) is 11.3 Å². The van der Waals surface area contributed by atoms with E-state index in [0.717, 1.165) is 12.1 Å². The Morgan fingerprint density at radius 2 is 2.09 bits per heavy atom. The summed E-state index contributed by atoms with van der Waals surface area (Å²) in [7, 11) is 0. The molecule has 0 atom stereocenters. The van der Waals surface area contributed by atoms with Gasteiger partial charge in [0.1, 0.15) is 0 Å². The summed E-state index contributed by atoms with van der Waals surface area (Å²) in [6.07, 6.45) is -1.46. The summed E-state index contributed by atoms with van der Waals surface area (Å²) in [5.41, 5.74) is 0.533. The average molecular weight is 324 g/mol. The lowest BCUT2D eigenvalue weighted by molar-refractivity contribution is -0.137. The van der Waals surface area contributed by atoms with Crippen molar-refractivity contribution in [3.05, 3.63) is 35.9 Å². The second kappa shape index (κ2) is 5.40. The van der Waals surface area contributed by atoms with E-state index in [2.05, 4.69) is 4.98 Å². The lowest BCUT2D eigenvalue weighted by atomic mass is 9.99. The molecule has 2 heterocycles. The van der Waals surface area contributed by atoms with Crippen LogP contribution in [0.2, 0.25) is 0 Å². The van der Waals surface area contributed by atoms with Gasteiger partial charge in [-0.05, 0) is 24.1 Å². The highest BCUT2D eigenvalue weighted by Gasteiger charge is 2.36. The summed E-state index contributed by atoms with van der Waals surface area (Å²) in [5.74, 6) is -0.206. The van der Waals surface area contributed by atoms with E-state index in [1.54, 1.807) is 13.8 Å². The summed E-state index contributed by atoms with van der Waals surface area (Å²) in [5, 5.41) is 0. The van der Waals surface area contributed by atoms with E-state index in [9.17, 15) is 18.0 Å². The summed E-state index contributed by atoms with van der Waals surface area (Å²) < 4.78 is 44.8. The van der Waals surface area contributed by atoms with Gasteiger partial charge in [-0.1, -0.05) is 13.8 Å². The third-order valence-electron chi connectivity index (χ3n) is 3.89. The van der Waals surface area contributed by atoms with Crippen LogP contribution in [0, 0.1) is 5.92 Å². The zero-order valence-corrected chi connectivity index (χ0v) is 12.6. The number of amides is 1. The van der Waals surface area contributed by atoms with E-state index in [4.69, 9.17) is 4.42 Å². The number of halogens is 3. The van der Waals surface area contributed by atoms with E-state index < -0.39 is 11.7 Å². The van der Waals surface area contributed by atoms with Crippen molar-refractivity contribution in [3.63, 3.8) is 0 Å². The Labute approximate surface area is 130 Å². The maximum atomic E-state index is 13.2. The lowest BCUT2D eigenvalue weighted by Crippen LogP contribution is -2.32. The maximum absolute atomic E-state index is 13.2.